The quantitative estimate of drug-likeness (QED) is 0.650. The number of hydrogen-bond donors (Lipinski definition) is 2. The van der Waals surface area contributed by atoms with Gasteiger partial charge in [0.1, 0.15) is 17.2 Å². The Hall–Kier alpha value is -3.13. The SMILES string of the molecule is CC(=O)NCc1ccc(-c2csc(NC(=O)COc3ccccc3C)n2)o1. The van der Waals surface area contributed by atoms with Gasteiger partial charge in [-0.05, 0) is 30.7 Å². The number of nitrogens with one attached hydrogen (secondary N) is 2. The highest BCUT2D eigenvalue weighted by Gasteiger charge is 2.12. The maximum Gasteiger partial charge on any atom is 0.264 e. The number of carbonyl (C=O) groups excluding carboxylic acids is 2. The Labute approximate surface area is 160 Å². The summed E-state index contributed by atoms with van der Waals surface area (Å²) in [5, 5.41) is 7.63. The summed E-state index contributed by atoms with van der Waals surface area (Å²) in [5.74, 6) is 1.47. The van der Waals surface area contributed by atoms with Crippen molar-refractivity contribution >= 4 is 28.3 Å². The number of aryl methyl sites for hydroxylation is 1. The summed E-state index contributed by atoms with van der Waals surface area (Å²) in [6, 6.07) is 11.1. The topological polar surface area (TPSA) is 93.5 Å². The number of rotatable bonds is 7. The van der Waals surface area contributed by atoms with Crippen molar-refractivity contribution in [2.75, 3.05) is 11.9 Å². The molecule has 0 atom stereocenters. The van der Waals surface area contributed by atoms with Gasteiger partial charge in [0.15, 0.2) is 17.5 Å². The maximum atomic E-state index is 12.1. The van der Waals surface area contributed by atoms with Crippen LogP contribution in [-0.2, 0) is 16.1 Å². The van der Waals surface area contributed by atoms with Crippen LogP contribution in [0.2, 0.25) is 0 Å². The number of anilines is 1. The number of nitrogens with zero attached hydrogens (tertiary/aromatic N) is 1. The molecule has 0 unspecified atom stereocenters. The lowest BCUT2D eigenvalue weighted by Gasteiger charge is -2.07. The second kappa shape index (κ2) is 8.50. The molecule has 3 rings (SSSR count). The highest BCUT2D eigenvalue weighted by molar-refractivity contribution is 7.14. The number of para-hydroxylation sites is 1. The molecule has 2 amide bonds. The van der Waals surface area contributed by atoms with Gasteiger partial charge in [0.2, 0.25) is 5.91 Å². The minimum Gasteiger partial charge on any atom is -0.483 e. The van der Waals surface area contributed by atoms with Crippen LogP contribution in [0.3, 0.4) is 0 Å². The van der Waals surface area contributed by atoms with E-state index in [-0.39, 0.29) is 18.4 Å². The zero-order chi connectivity index (χ0) is 19.2. The van der Waals surface area contributed by atoms with Crippen molar-refractivity contribution in [2.45, 2.75) is 20.4 Å². The second-order valence-electron chi connectivity index (χ2n) is 5.82. The molecule has 0 aliphatic heterocycles. The average molecular weight is 385 g/mol. The van der Waals surface area contributed by atoms with Crippen LogP contribution in [0.25, 0.3) is 11.5 Å². The van der Waals surface area contributed by atoms with Crippen molar-refractivity contribution in [1.29, 1.82) is 0 Å². The predicted octanol–water partition coefficient (Wildman–Crippen LogP) is 3.37. The largest absolute Gasteiger partial charge is 0.483 e. The van der Waals surface area contributed by atoms with Gasteiger partial charge in [-0.1, -0.05) is 18.2 Å². The van der Waals surface area contributed by atoms with E-state index in [0.717, 1.165) is 5.56 Å². The first-order valence-corrected chi connectivity index (χ1v) is 9.16. The monoisotopic (exact) mass is 385 g/mol. The molecular weight excluding hydrogens is 366 g/mol. The standard InChI is InChI=1S/C19H19N3O4S/c1-12-5-3-4-6-16(12)25-10-18(24)22-19-21-15(11-27-19)17-8-7-14(26-17)9-20-13(2)23/h3-8,11H,9-10H2,1-2H3,(H,20,23)(H,21,22,24). The molecule has 1 aromatic carbocycles. The third-order valence-corrected chi connectivity index (χ3v) is 4.39. The van der Waals surface area contributed by atoms with Crippen LogP contribution >= 0.6 is 11.3 Å². The number of carbonyl (C=O) groups is 2. The lowest BCUT2D eigenvalue weighted by Crippen LogP contribution is -2.20. The van der Waals surface area contributed by atoms with Gasteiger partial charge >= 0.3 is 0 Å². The second-order valence-corrected chi connectivity index (χ2v) is 6.67. The number of aromatic nitrogens is 1. The molecule has 8 heteroatoms. The zero-order valence-corrected chi connectivity index (χ0v) is 15.8. The van der Waals surface area contributed by atoms with Gasteiger partial charge < -0.3 is 14.5 Å². The summed E-state index contributed by atoms with van der Waals surface area (Å²) in [7, 11) is 0. The minimum atomic E-state index is -0.287. The van der Waals surface area contributed by atoms with Crippen LogP contribution < -0.4 is 15.4 Å². The lowest BCUT2D eigenvalue weighted by atomic mass is 10.2. The molecule has 2 aromatic heterocycles. The Kier molecular flexibility index (Phi) is 5.87. The van der Waals surface area contributed by atoms with Crippen LogP contribution in [0.5, 0.6) is 5.75 Å². The molecule has 0 radical (unpaired) electrons. The fraction of sp³-hybridized carbons (Fsp3) is 0.211. The van der Waals surface area contributed by atoms with E-state index in [1.807, 2.05) is 31.2 Å². The molecule has 0 aliphatic rings. The molecule has 2 N–H and O–H groups in total. The fourth-order valence-electron chi connectivity index (χ4n) is 2.28. The normalized spacial score (nSPS) is 10.4. The van der Waals surface area contributed by atoms with Gasteiger partial charge in [-0.3, -0.25) is 14.9 Å². The number of benzene rings is 1. The minimum absolute atomic E-state index is 0.0959. The van der Waals surface area contributed by atoms with Crippen molar-refractivity contribution in [2.24, 2.45) is 0 Å². The van der Waals surface area contributed by atoms with Crippen LogP contribution in [0.4, 0.5) is 5.13 Å². The van der Waals surface area contributed by atoms with E-state index in [0.29, 0.717) is 34.6 Å². The lowest BCUT2D eigenvalue weighted by molar-refractivity contribution is -0.119. The molecule has 0 bridgehead atoms. The third kappa shape index (κ3) is 5.18. The van der Waals surface area contributed by atoms with E-state index >= 15 is 0 Å². The Bertz CT molecular complexity index is 948. The van der Waals surface area contributed by atoms with Gasteiger partial charge in [0, 0.05) is 12.3 Å². The summed E-state index contributed by atoms with van der Waals surface area (Å²) in [6.07, 6.45) is 0. The van der Waals surface area contributed by atoms with E-state index in [2.05, 4.69) is 15.6 Å². The Morgan fingerprint density at radius 2 is 2.04 bits per heavy atom. The van der Waals surface area contributed by atoms with Gasteiger partial charge in [-0.15, -0.1) is 11.3 Å². The predicted molar refractivity (Wildman–Crippen MR) is 103 cm³/mol. The van der Waals surface area contributed by atoms with E-state index in [1.165, 1.54) is 18.3 Å². The zero-order valence-electron chi connectivity index (χ0n) is 14.9. The molecular formula is C19H19N3O4S. The Morgan fingerprint density at radius 1 is 1.22 bits per heavy atom. The molecule has 0 spiro atoms. The first kappa shape index (κ1) is 18.7. The molecule has 2 heterocycles. The number of furan rings is 1. The van der Waals surface area contributed by atoms with Crippen LogP contribution in [-0.4, -0.2) is 23.4 Å². The average Bonchev–Trinajstić information content (AvgIpc) is 3.28. The summed E-state index contributed by atoms with van der Waals surface area (Å²) in [6.45, 7) is 3.59. The first-order valence-electron chi connectivity index (χ1n) is 8.28. The Balaban J connectivity index is 1.55. The third-order valence-electron chi connectivity index (χ3n) is 3.63. The van der Waals surface area contributed by atoms with Crippen molar-refractivity contribution in [3.8, 4) is 17.2 Å². The van der Waals surface area contributed by atoms with Gasteiger partial charge in [-0.2, -0.15) is 0 Å². The van der Waals surface area contributed by atoms with Gasteiger partial charge in [-0.25, -0.2) is 4.98 Å². The van der Waals surface area contributed by atoms with E-state index in [9.17, 15) is 9.59 Å². The van der Waals surface area contributed by atoms with E-state index in [4.69, 9.17) is 9.15 Å². The molecule has 0 saturated heterocycles. The number of hydrogen-bond acceptors (Lipinski definition) is 6. The maximum absolute atomic E-state index is 12.1. The first-order chi connectivity index (χ1) is 13.0. The molecule has 0 saturated carbocycles. The van der Waals surface area contributed by atoms with Crippen LogP contribution in [0.15, 0.2) is 46.2 Å². The summed E-state index contributed by atoms with van der Waals surface area (Å²) >= 11 is 1.30. The van der Waals surface area contributed by atoms with Crippen molar-refractivity contribution in [1.82, 2.24) is 10.3 Å². The molecule has 0 aliphatic carbocycles. The van der Waals surface area contributed by atoms with Gasteiger partial charge in [0.05, 0.1) is 6.54 Å². The molecule has 27 heavy (non-hydrogen) atoms. The van der Waals surface area contributed by atoms with Crippen molar-refractivity contribution < 1.29 is 18.7 Å². The number of amides is 2. The van der Waals surface area contributed by atoms with Crippen molar-refractivity contribution in [3.63, 3.8) is 0 Å². The summed E-state index contributed by atoms with van der Waals surface area (Å²) in [4.78, 5) is 27.4. The summed E-state index contributed by atoms with van der Waals surface area (Å²) < 4.78 is 11.2. The number of thiazole rings is 1. The van der Waals surface area contributed by atoms with Crippen molar-refractivity contribution in [3.05, 3.63) is 53.1 Å². The molecule has 3 aromatic rings. The smallest absolute Gasteiger partial charge is 0.264 e. The van der Waals surface area contributed by atoms with E-state index in [1.54, 1.807) is 17.5 Å². The highest BCUT2D eigenvalue weighted by Crippen LogP contribution is 2.26. The highest BCUT2D eigenvalue weighted by atomic mass is 32.1. The Morgan fingerprint density at radius 3 is 2.81 bits per heavy atom. The van der Waals surface area contributed by atoms with Gasteiger partial charge in [0.25, 0.3) is 5.91 Å². The number of ether oxygens (including phenoxy) is 1. The molecule has 7 nitrogen and oxygen atoms in total. The van der Waals surface area contributed by atoms with Crippen LogP contribution in [0, 0.1) is 6.92 Å². The fourth-order valence-corrected chi connectivity index (χ4v) is 3.00. The van der Waals surface area contributed by atoms with Crippen LogP contribution in [0.1, 0.15) is 18.2 Å². The molecule has 0 fully saturated rings. The summed E-state index contributed by atoms with van der Waals surface area (Å²) in [5.41, 5.74) is 1.58. The van der Waals surface area contributed by atoms with E-state index < -0.39 is 0 Å². The molecule has 140 valence electrons.